The van der Waals surface area contributed by atoms with Gasteiger partial charge in [-0.2, -0.15) is 0 Å². The molecule has 0 saturated heterocycles. The Balaban J connectivity index is 1.76. The van der Waals surface area contributed by atoms with Gasteiger partial charge in [0.05, 0.1) is 28.4 Å². The molecule has 35 heavy (non-hydrogen) atoms. The second kappa shape index (κ2) is 10.2. The average Bonchev–Trinajstić information content (AvgIpc) is 2.83. The van der Waals surface area contributed by atoms with Crippen molar-refractivity contribution in [3.05, 3.63) is 80.8 Å². The molecule has 1 aliphatic rings. The lowest BCUT2D eigenvalue weighted by atomic mass is 9.94. The number of carbonyl (C=O) groups is 1. The van der Waals surface area contributed by atoms with Crippen molar-refractivity contribution in [1.82, 2.24) is 0 Å². The minimum absolute atomic E-state index is 0.0369. The summed E-state index contributed by atoms with van der Waals surface area (Å²) in [6, 6.07) is 14.0. The average molecular weight is 556 g/mol. The van der Waals surface area contributed by atoms with E-state index in [-0.39, 0.29) is 50.3 Å². The number of sulfonamides is 1. The lowest BCUT2D eigenvalue weighted by Gasteiger charge is -2.35. The first kappa shape index (κ1) is 25.6. The molecule has 1 aliphatic heterocycles. The van der Waals surface area contributed by atoms with Crippen molar-refractivity contribution in [3.63, 3.8) is 0 Å². The SMILES string of the molecule is COc1ccc(Cl)cc1S(=O)(=O)N1CC(CO)Cc2ccc(NC(=O)c3c(Cl)cccc3Cl)cc21. The van der Waals surface area contributed by atoms with Crippen LogP contribution in [0.15, 0.2) is 59.5 Å². The number of methoxy groups -OCH3 is 1. The minimum atomic E-state index is -4.14. The van der Waals surface area contributed by atoms with Gasteiger partial charge in [-0.15, -0.1) is 0 Å². The van der Waals surface area contributed by atoms with E-state index in [4.69, 9.17) is 39.5 Å². The number of hydrogen-bond donors (Lipinski definition) is 2. The number of aliphatic hydroxyl groups is 1. The molecule has 0 fully saturated rings. The van der Waals surface area contributed by atoms with Crippen LogP contribution in [-0.4, -0.2) is 39.7 Å². The van der Waals surface area contributed by atoms with E-state index in [1.54, 1.807) is 36.4 Å². The lowest BCUT2D eigenvalue weighted by molar-refractivity contribution is 0.102. The highest BCUT2D eigenvalue weighted by molar-refractivity contribution is 7.93. The molecule has 0 aliphatic carbocycles. The van der Waals surface area contributed by atoms with Crippen LogP contribution < -0.4 is 14.4 Å². The Kier molecular flexibility index (Phi) is 7.49. The highest BCUT2D eigenvalue weighted by Gasteiger charge is 2.35. The Hall–Kier alpha value is -2.49. The van der Waals surface area contributed by atoms with Gasteiger partial charge in [-0.1, -0.05) is 46.9 Å². The number of anilines is 2. The summed E-state index contributed by atoms with van der Waals surface area (Å²) in [5.74, 6) is -0.708. The van der Waals surface area contributed by atoms with Gasteiger partial charge in [0.1, 0.15) is 10.6 Å². The van der Waals surface area contributed by atoms with Crippen molar-refractivity contribution in [2.45, 2.75) is 11.3 Å². The summed E-state index contributed by atoms with van der Waals surface area (Å²) in [4.78, 5) is 12.8. The molecule has 0 aromatic heterocycles. The zero-order valence-electron chi connectivity index (χ0n) is 18.5. The maximum Gasteiger partial charge on any atom is 0.268 e. The summed E-state index contributed by atoms with van der Waals surface area (Å²) in [6.07, 6.45) is 0.467. The molecule has 3 aromatic rings. The number of halogens is 3. The van der Waals surface area contributed by atoms with Gasteiger partial charge in [-0.25, -0.2) is 8.42 Å². The number of rotatable bonds is 6. The molecule has 184 valence electrons. The number of nitrogens with one attached hydrogen (secondary N) is 1. The van der Waals surface area contributed by atoms with Crippen LogP contribution in [-0.2, 0) is 16.4 Å². The fourth-order valence-electron chi connectivity index (χ4n) is 3.98. The molecule has 3 aromatic carbocycles. The minimum Gasteiger partial charge on any atom is -0.495 e. The molecular weight excluding hydrogens is 535 g/mol. The van der Waals surface area contributed by atoms with Crippen LogP contribution >= 0.6 is 34.8 Å². The molecule has 1 unspecified atom stereocenters. The number of benzene rings is 3. The van der Waals surface area contributed by atoms with Gasteiger partial charge in [0.15, 0.2) is 0 Å². The molecule has 2 N–H and O–H groups in total. The van der Waals surface area contributed by atoms with E-state index < -0.39 is 15.9 Å². The van der Waals surface area contributed by atoms with Crippen LogP contribution in [0.25, 0.3) is 0 Å². The monoisotopic (exact) mass is 554 g/mol. The predicted octanol–water partition coefficient (Wildman–Crippen LogP) is 5.27. The third-order valence-electron chi connectivity index (χ3n) is 5.69. The van der Waals surface area contributed by atoms with Gasteiger partial charge in [0.25, 0.3) is 15.9 Å². The highest BCUT2D eigenvalue weighted by atomic mass is 35.5. The fraction of sp³-hybridized carbons (Fsp3) is 0.208. The number of nitrogens with zero attached hydrogens (tertiary/aromatic N) is 1. The van der Waals surface area contributed by atoms with Crippen LogP contribution in [0.4, 0.5) is 11.4 Å². The summed E-state index contributed by atoms with van der Waals surface area (Å²) in [5.41, 5.74) is 1.54. The second-order valence-corrected chi connectivity index (χ2v) is 11.1. The van der Waals surface area contributed by atoms with Crippen LogP contribution in [0.5, 0.6) is 5.75 Å². The predicted molar refractivity (Wildman–Crippen MR) is 138 cm³/mol. The molecule has 1 amide bonds. The summed E-state index contributed by atoms with van der Waals surface area (Å²) < 4.78 is 34.0. The van der Waals surface area contributed by atoms with E-state index >= 15 is 0 Å². The van der Waals surface area contributed by atoms with Crippen LogP contribution in [0.3, 0.4) is 0 Å². The maximum atomic E-state index is 13.8. The summed E-state index contributed by atoms with van der Waals surface area (Å²) in [5, 5.41) is 13.2. The fourth-order valence-corrected chi connectivity index (χ4v) is 6.54. The first-order valence-corrected chi connectivity index (χ1v) is 13.1. The Bertz CT molecular complexity index is 1380. The molecule has 1 atom stereocenters. The van der Waals surface area contributed by atoms with Gasteiger partial charge in [0, 0.05) is 29.8 Å². The van der Waals surface area contributed by atoms with Crippen LogP contribution in [0.2, 0.25) is 15.1 Å². The number of aliphatic hydroxyl groups excluding tert-OH is 1. The van der Waals surface area contributed by atoms with Gasteiger partial charge in [0.2, 0.25) is 0 Å². The number of ether oxygens (including phenoxy) is 1. The normalized spacial score (nSPS) is 15.5. The molecule has 1 heterocycles. The van der Waals surface area contributed by atoms with Gasteiger partial charge in [-0.3, -0.25) is 9.10 Å². The summed E-state index contributed by atoms with van der Waals surface area (Å²) >= 11 is 18.4. The number of fused-ring (bicyclic) bond motifs is 1. The first-order chi connectivity index (χ1) is 16.6. The van der Waals surface area contributed by atoms with Gasteiger partial charge in [-0.05, 0) is 54.4 Å². The summed E-state index contributed by atoms with van der Waals surface area (Å²) in [6.45, 7) is -0.156. The number of amides is 1. The molecule has 11 heteroatoms. The van der Waals surface area contributed by atoms with Crippen LogP contribution in [0.1, 0.15) is 15.9 Å². The third kappa shape index (κ3) is 5.08. The van der Waals surface area contributed by atoms with Crippen molar-refractivity contribution >= 4 is 62.1 Å². The van der Waals surface area contributed by atoms with Crippen LogP contribution in [0, 0.1) is 5.92 Å². The Labute approximate surface area is 218 Å². The number of hydrogen-bond acceptors (Lipinski definition) is 5. The quantitative estimate of drug-likeness (QED) is 0.432. The zero-order valence-corrected chi connectivity index (χ0v) is 21.5. The molecule has 4 rings (SSSR count). The topological polar surface area (TPSA) is 95.9 Å². The summed E-state index contributed by atoms with van der Waals surface area (Å²) in [7, 11) is -2.77. The smallest absolute Gasteiger partial charge is 0.268 e. The van der Waals surface area contributed by atoms with E-state index in [2.05, 4.69) is 5.32 Å². The Morgan fingerprint density at radius 3 is 2.49 bits per heavy atom. The van der Waals surface area contributed by atoms with Gasteiger partial charge < -0.3 is 15.2 Å². The third-order valence-corrected chi connectivity index (χ3v) is 8.35. The van der Waals surface area contributed by atoms with Crippen molar-refractivity contribution in [1.29, 1.82) is 0 Å². The first-order valence-electron chi connectivity index (χ1n) is 10.5. The van der Waals surface area contributed by atoms with E-state index in [0.29, 0.717) is 23.4 Å². The van der Waals surface area contributed by atoms with E-state index in [1.165, 1.54) is 29.6 Å². The Morgan fingerprint density at radius 1 is 1.11 bits per heavy atom. The molecule has 0 saturated carbocycles. The van der Waals surface area contributed by atoms with E-state index in [9.17, 15) is 18.3 Å². The van der Waals surface area contributed by atoms with Crippen molar-refractivity contribution in [3.8, 4) is 5.75 Å². The van der Waals surface area contributed by atoms with Crippen molar-refractivity contribution in [2.24, 2.45) is 5.92 Å². The molecule has 0 spiro atoms. The number of carbonyl (C=O) groups excluding carboxylic acids is 1. The van der Waals surface area contributed by atoms with Gasteiger partial charge >= 0.3 is 0 Å². The van der Waals surface area contributed by atoms with E-state index in [0.717, 1.165) is 0 Å². The maximum absolute atomic E-state index is 13.8. The molecule has 0 bridgehead atoms. The van der Waals surface area contributed by atoms with Crippen molar-refractivity contribution in [2.75, 3.05) is 29.9 Å². The standard InChI is InChI=1S/C24H21Cl3N2O5S/c1-34-21-8-6-16(25)10-22(21)35(32,33)29-12-14(13-30)9-15-5-7-17(11-20(15)29)28-24(31)23-18(26)3-2-4-19(23)27/h2-8,10-11,14,30H,9,12-13H2,1H3,(H,28,31). The molecule has 7 nitrogen and oxygen atoms in total. The lowest BCUT2D eigenvalue weighted by Crippen LogP contribution is -2.41. The van der Waals surface area contributed by atoms with Crippen molar-refractivity contribution < 1.29 is 23.1 Å². The zero-order chi connectivity index (χ0) is 25.3. The molecular formula is C24H21Cl3N2O5S. The van der Waals surface area contributed by atoms with E-state index in [1.807, 2.05) is 0 Å². The Morgan fingerprint density at radius 2 is 1.83 bits per heavy atom. The second-order valence-electron chi connectivity index (χ2n) is 7.98. The largest absolute Gasteiger partial charge is 0.495 e. The molecule has 0 radical (unpaired) electrons. The highest BCUT2D eigenvalue weighted by Crippen LogP contribution is 2.39.